The number of esters is 4. The molecule has 55 heavy (non-hydrogen) atoms. The topological polar surface area (TPSA) is 191 Å². The average molecular weight is 776 g/mol. The Balaban J connectivity index is 2.24. The molecule has 1 aliphatic rings. The SMILES string of the molecule is CCCCCCCCCCCCC/C=C/[C@@H](OCc1ccc(OC)cc1)[C@H](CO[C@@H]1O[C@H](COC(C)=O)[C@H](OC(C)=O)[C@H](OC(C)=O)[C@H]1OC(C)=O)N=[N+]=[N-]. The first-order valence-electron chi connectivity index (χ1n) is 19.4. The minimum absolute atomic E-state index is 0.175. The maximum atomic E-state index is 12.3. The summed E-state index contributed by atoms with van der Waals surface area (Å²) in [6, 6.07) is 6.41. The molecule has 1 aromatic carbocycles. The summed E-state index contributed by atoms with van der Waals surface area (Å²) in [4.78, 5) is 51.4. The molecule has 0 unspecified atom stereocenters. The number of carbonyl (C=O) groups is 4. The zero-order chi connectivity index (χ0) is 40.4. The molecule has 1 aliphatic heterocycles. The van der Waals surface area contributed by atoms with Crippen LogP contribution in [0.1, 0.15) is 117 Å². The van der Waals surface area contributed by atoms with Crippen LogP contribution >= 0.6 is 0 Å². The Morgan fingerprint density at radius 2 is 1.36 bits per heavy atom. The van der Waals surface area contributed by atoms with Crippen LogP contribution in [0.2, 0.25) is 0 Å². The molecule has 0 bridgehead atoms. The van der Waals surface area contributed by atoms with Gasteiger partial charge in [-0.3, -0.25) is 19.2 Å². The Morgan fingerprint density at radius 3 is 1.91 bits per heavy atom. The lowest BCUT2D eigenvalue weighted by molar-refractivity contribution is -0.309. The number of nitrogens with zero attached hydrogens (tertiary/aromatic N) is 3. The molecule has 0 aromatic heterocycles. The van der Waals surface area contributed by atoms with E-state index < -0.39 is 73.3 Å². The second kappa shape index (κ2) is 27.4. The number of hydrogen-bond donors (Lipinski definition) is 0. The molecule has 15 nitrogen and oxygen atoms in total. The van der Waals surface area contributed by atoms with E-state index in [0.29, 0.717) is 5.75 Å². The number of hydrogen-bond acceptors (Lipinski definition) is 13. The molecule has 1 aromatic rings. The van der Waals surface area contributed by atoms with E-state index in [-0.39, 0.29) is 13.2 Å². The quantitative estimate of drug-likeness (QED) is 0.0162. The van der Waals surface area contributed by atoms with Crippen molar-refractivity contribution in [3.63, 3.8) is 0 Å². The van der Waals surface area contributed by atoms with Crippen LogP contribution in [0.25, 0.3) is 10.4 Å². The molecular weight excluding hydrogens is 714 g/mol. The lowest BCUT2D eigenvalue weighted by Crippen LogP contribution is -2.63. The summed E-state index contributed by atoms with van der Waals surface area (Å²) in [7, 11) is 1.58. The maximum absolute atomic E-state index is 12.3. The second-order valence-electron chi connectivity index (χ2n) is 13.5. The van der Waals surface area contributed by atoms with Gasteiger partial charge in [0.1, 0.15) is 18.5 Å². The van der Waals surface area contributed by atoms with Crippen LogP contribution in [-0.4, -0.2) is 87.1 Å². The second-order valence-corrected chi connectivity index (χ2v) is 13.5. The van der Waals surface area contributed by atoms with E-state index in [1.807, 2.05) is 36.4 Å². The van der Waals surface area contributed by atoms with E-state index in [4.69, 9.17) is 37.9 Å². The largest absolute Gasteiger partial charge is 0.497 e. The molecule has 0 N–H and O–H groups in total. The van der Waals surface area contributed by atoms with E-state index in [0.717, 1.165) is 45.6 Å². The van der Waals surface area contributed by atoms with Gasteiger partial charge in [0.25, 0.3) is 0 Å². The molecule has 0 amide bonds. The zero-order valence-electron chi connectivity index (χ0n) is 33.4. The molecule has 0 spiro atoms. The monoisotopic (exact) mass is 775 g/mol. The molecule has 2 rings (SSSR count). The Bertz CT molecular complexity index is 1370. The van der Waals surface area contributed by atoms with Gasteiger partial charge in [-0.25, -0.2) is 0 Å². The van der Waals surface area contributed by atoms with Gasteiger partial charge in [-0.2, -0.15) is 0 Å². The van der Waals surface area contributed by atoms with Crippen molar-refractivity contribution in [2.75, 3.05) is 20.3 Å². The highest BCUT2D eigenvalue weighted by atomic mass is 16.7. The average Bonchev–Trinajstić information content (AvgIpc) is 3.14. The van der Waals surface area contributed by atoms with Crippen LogP contribution < -0.4 is 4.74 Å². The minimum Gasteiger partial charge on any atom is -0.497 e. The fraction of sp³-hybridized carbons (Fsp3) is 0.700. The standard InChI is InChI=1S/C40H61N3O12/c1-7-8-9-10-11-12-13-14-15-16-17-18-19-20-35(50-25-32-21-23-33(48-6)24-22-32)34(42-43-41)26-51-40-39(54-31(5)47)38(53-30(4)46)37(52-29(3)45)36(55-40)27-49-28(2)44/h19-24,34-40H,7-18,25-27H2,1-6H3/b20-19+/t34-,35+,36+,37-,38-,39+,40+/m0/s1. The number of azide groups is 1. The summed E-state index contributed by atoms with van der Waals surface area (Å²) in [6.07, 6.45) is 10.7. The number of methoxy groups -OCH3 is 1. The van der Waals surface area contributed by atoms with Gasteiger partial charge in [0.2, 0.25) is 0 Å². The van der Waals surface area contributed by atoms with Crippen molar-refractivity contribution in [2.24, 2.45) is 5.11 Å². The van der Waals surface area contributed by atoms with Crippen molar-refractivity contribution in [3.8, 4) is 5.75 Å². The van der Waals surface area contributed by atoms with Crippen LogP contribution in [0.15, 0.2) is 41.5 Å². The van der Waals surface area contributed by atoms with Crippen molar-refractivity contribution in [1.82, 2.24) is 0 Å². The molecule has 308 valence electrons. The van der Waals surface area contributed by atoms with Crippen molar-refractivity contribution >= 4 is 23.9 Å². The lowest BCUT2D eigenvalue weighted by Gasteiger charge is -2.44. The number of ether oxygens (including phenoxy) is 8. The third-order valence-corrected chi connectivity index (χ3v) is 8.86. The van der Waals surface area contributed by atoms with Gasteiger partial charge in [-0.1, -0.05) is 101 Å². The number of carbonyl (C=O) groups excluding carboxylic acids is 4. The fourth-order valence-corrected chi connectivity index (χ4v) is 6.14. The van der Waals surface area contributed by atoms with E-state index in [9.17, 15) is 24.7 Å². The van der Waals surface area contributed by atoms with Gasteiger partial charge < -0.3 is 37.9 Å². The van der Waals surface area contributed by atoms with Gasteiger partial charge in [0.15, 0.2) is 24.6 Å². The first kappa shape index (κ1) is 47.0. The molecule has 0 saturated carbocycles. The highest BCUT2D eigenvalue weighted by Crippen LogP contribution is 2.30. The van der Waals surface area contributed by atoms with Gasteiger partial charge in [-0.05, 0) is 36.1 Å². The maximum Gasteiger partial charge on any atom is 0.303 e. The molecular formula is C40H61N3O12. The predicted molar refractivity (Wildman–Crippen MR) is 203 cm³/mol. The summed E-state index contributed by atoms with van der Waals surface area (Å²) in [5.41, 5.74) is 10.5. The molecule has 1 saturated heterocycles. The minimum atomic E-state index is -1.44. The molecule has 1 fully saturated rings. The Morgan fingerprint density at radius 1 is 0.800 bits per heavy atom. The summed E-state index contributed by atoms with van der Waals surface area (Å²) in [5, 5.41) is 3.99. The van der Waals surface area contributed by atoms with E-state index in [1.165, 1.54) is 64.7 Å². The van der Waals surface area contributed by atoms with Crippen molar-refractivity contribution in [3.05, 3.63) is 52.4 Å². The third kappa shape index (κ3) is 19.3. The number of allylic oxidation sites excluding steroid dienone is 1. The zero-order valence-corrected chi connectivity index (χ0v) is 33.4. The van der Waals surface area contributed by atoms with Crippen molar-refractivity contribution < 1.29 is 57.1 Å². The van der Waals surface area contributed by atoms with Crippen molar-refractivity contribution in [1.29, 1.82) is 0 Å². The Hall–Kier alpha value is -4.17. The van der Waals surface area contributed by atoms with Crippen LogP contribution in [0.3, 0.4) is 0 Å². The summed E-state index contributed by atoms with van der Waals surface area (Å²) >= 11 is 0. The smallest absolute Gasteiger partial charge is 0.303 e. The van der Waals surface area contributed by atoms with E-state index in [2.05, 4.69) is 16.9 Å². The Kier molecular flexibility index (Phi) is 23.4. The van der Waals surface area contributed by atoms with Gasteiger partial charge in [0, 0.05) is 32.6 Å². The molecule has 15 heteroatoms. The highest BCUT2D eigenvalue weighted by Gasteiger charge is 2.53. The summed E-state index contributed by atoms with van der Waals surface area (Å²) in [5.74, 6) is -2.24. The normalized spacial score (nSPS) is 20.5. The number of benzene rings is 1. The first-order valence-corrected chi connectivity index (χ1v) is 19.4. The molecule has 0 radical (unpaired) electrons. The number of unbranched alkanes of at least 4 members (excludes halogenated alkanes) is 11. The van der Waals surface area contributed by atoms with Crippen LogP contribution in [0, 0.1) is 0 Å². The van der Waals surface area contributed by atoms with Crippen LogP contribution in [0.5, 0.6) is 5.75 Å². The molecule has 7 atom stereocenters. The van der Waals surface area contributed by atoms with Crippen LogP contribution in [-0.2, 0) is 58.9 Å². The first-order chi connectivity index (χ1) is 26.5. The van der Waals surface area contributed by atoms with Gasteiger partial charge >= 0.3 is 23.9 Å². The summed E-state index contributed by atoms with van der Waals surface area (Å²) in [6.45, 7) is 6.29. The Labute approximate surface area is 325 Å². The molecule has 0 aliphatic carbocycles. The third-order valence-electron chi connectivity index (χ3n) is 8.86. The van der Waals surface area contributed by atoms with Gasteiger partial charge in [0.05, 0.1) is 32.5 Å². The van der Waals surface area contributed by atoms with E-state index in [1.54, 1.807) is 7.11 Å². The lowest BCUT2D eigenvalue weighted by atomic mass is 9.98. The highest BCUT2D eigenvalue weighted by molar-refractivity contribution is 5.68. The number of rotatable bonds is 27. The summed E-state index contributed by atoms with van der Waals surface area (Å²) < 4.78 is 45.3. The predicted octanol–water partition coefficient (Wildman–Crippen LogP) is 7.62. The van der Waals surface area contributed by atoms with Crippen LogP contribution in [0.4, 0.5) is 0 Å². The fourth-order valence-electron chi connectivity index (χ4n) is 6.14. The molecule has 1 heterocycles. The van der Waals surface area contributed by atoms with Gasteiger partial charge in [-0.15, -0.1) is 0 Å². The van der Waals surface area contributed by atoms with Crippen molar-refractivity contribution in [2.45, 2.75) is 161 Å². The van der Waals surface area contributed by atoms with E-state index >= 15 is 0 Å².